The minimum Gasteiger partial charge on any atom is -0.504 e. The molecular weight excluding hydrogens is 580 g/mol. The van der Waals surface area contributed by atoms with E-state index in [0.29, 0.717) is 34.9 Å². The molecule has 3 aromatic rings. The van der Waals surface area contributed by atoms with Crippen LogP contribution in [0.15, 0.2) is 84.4 Å². The number of carbonyl (C=O) groups excluding carboxylic acids is 4. The number of amides is 4. The first-order valence-corrected chi connectivity index (χ1v) is 15.2. The van der Waals surface area contributed by atoms with Gasteiger partial charge in [0.15, 0.2) is 11.5 Å². The maximum atomic E-state index is 15.2. The molecule has 4 amide bonds. The monoisotopic (exact) mass is 610 g/mol. The number of phenols is 1. The van der Waals surface area contributed by atoms with Crippen LogP contribution in [-0.4, -0.2) is 47.3 Å². The number of phenolic OH excluding ortho intramolecular Hbond substituents is 1. The zero-order chi connectivity index (χ0) is 30.9. The van der Waals surface area contributed by atoms with E-state index in [9.17, 15) is 19.5 Å². The van der Waals surface area contributed by atoms with E-state index in [2.05, 4.69) is 0 Å². The number of imide groups is 2. The van der Waals surface area contributed by atoms with Crippen LogP contribution in [0.4, 0.5) is 5.69 Å². The van der Waals surface area contributed by atoms with Crippen LogP contribution >= 0.6 is 11.6 Å². The molecule has 7 rings (SSSR count). The number of rotatable bonds is 5. The molecule has 2 heterocycles. The van der Waals surface area contributed by atoms with Crippen molar-refractivity contribution in [3.8, 4) is 11.5 Å². The molecule has 0 spiro atoms. The van der Waals surface area contributed by atoms with Gasteiger partial charge >= 0.3 is 0 Å². The predicted molar refractivity (Wildman–Crippen MR) is 163 cm³/mol. The number of halogens is 1. The fraction of sp³-hybridized carbons (Fsp3) is 0.314. The van der Waals surface area contributed by atoms with Crippen molar-refractivity contribution >= 4 is 40.9 Å². The van der Waals surface area contributed by atoms with Gasteiger partial charge in [0.2, 0.25) is 23.6 Å². The molecule has 0 radical (unpaired) electrons. The van der Waals surface area contributed by atoms with Crippen molar-refractivity contribution in [3.63, 3.8) is 0 Å². The lowest BCUT2D eigenvalue weighted by Crippen LogP contribution is -2.53. The van der Waals surface area contributed by atoms with Crippen LogP contribution in [0.1, 0.15) is 36.8 Å². The molecule has 3 fully saturated rings. The van der Waals surface area contributed by atoms with Gasteiger partial charge in [-0.25, -0.2) is 4.90 Å². The number of para-hydroxylation sites is 1. The average Bonchev–Trinajstić information content (AvgIpc) is 3.39. The second-order valence-electron chi connectivity index (χ2n) is 12.0. The standard InChI is InChI=1S/C35H31ClN2O6/c1-3-44-27-14-8-13-24(30(27)39)29-22-15-16-23-28(33(42)37(2)31(23)40)25(22)18-26-32(41)38(21-12-7-11-20(36)17-21)34(43)35(26,29)19-9-5-4-6-10-19/h4-15,17,23,25-26,28-29,39H,3,16,18H2,1-2H3. The molecule has 1 saturated carbocycles. The number of aromatic hydroxyl groups is 1. The highest BCUT2D eigenvalue weighted by atomic mass is 35.5. The molecule has 6 atom stereocenters. The maximum Gasteiger partial charge on any atom is 0.246 e. The summed E-state index contributed by atoms with van der Waals surface area (Å²) < 4.78 is 5.77. The normalized spacial score (nSPS) is 29.3. The van der Waals surface area contributed by atoms with Crippen molar-refractivity contribution in [2.75, 3.05) is 18.6 Å². The van der Waals surface area contributed by atoms with Crippen LogP contribution in [-0.2, 0) is 24.6 Å². The summed E-state index contributed by atoms with van der Waals surface area (Å²) in [5.74, 6) is -4.63. The Morgan fingerprint density at radius 3 is 2.41 bits per heavy atom. The third kappa shape index (κ3) is 3.76. The molecule has 6 unspecified atom stereocenters. The highest BCUT2D eigenvalue weighted by Crippen LogP contribution is 2.65. The van der Waals surface area contributed by atoms with Gasteiger partial charge in [-0.15, -0.1) is 0 Å². The van der Waals surface area contributed by atoms with Crippen LogP contribution in [0.5, 0.6) is 11.5 Å². The van der Waals surface area contributed by atoms with Crippen LogP contribution in [0, 0.1) is 23.7 Å². The third-order valence-electron chi connectivity index (χ3n) is 10.0. The van der Waals surface area contributed by atoms with Gasteiger partial charge in [0, 0.05) is 23.6 Å². The summed E-state index contributed by atoms with van der Waals surface area (Å²) >= 11 is 6.34. The molecule has 2 aliphatic carbocycles. The topological polar surface area (TPSA) is 104 Å². The number of fused-ring (bicyclic) bond motifs is 4. The van der Waals surface area contributed by atoms with Crippen molar-refractivity contribution in [1.29, 1.82) is 0 Å². The Morgan fingerprint density at radius 2 is 1.68 bits per heavy atom. The smallest absolute Gasteiger partial charge is 0.246 e. The van der Waals surface area contributed by atoms with E-state index in [1.165, 1.54) is 16.8 Å². The molecule has 8 nitrogen and oxygen atoms in total. The number of hydrogen-bond acceptors (Lipinski definition) is 6. The summed E-state index contributed by atoms with van der Waals surface area (Å²) in [6, 6.07) is 21.0. The second-order valence-corrected chi connectivity index (χ2v) is 12.4. The number of hydrogen-bond donors (Lipinski definition) is 1. The molecule has 9 heteroatoms. The molecule has 44 heavy (non-hydrogen) atoms. The molecule has 4 aliphatic rings. The van der Waals surface area contributed by atoms with E-state index in [4.69, 9.17) is 16.3 Å². The quantitative estimate of drug-likeness (QED) is 0.313. The van der Waals surface area contributed by atoms with Crippen LogP contribution in [0.25, 0.3) is 0 Å². The van der Waals surface area contributed by atoms with Gasteiger partial charge in [-0.05, 0) is 55.5 Å². The van der Waals surface area contributed by atoms with E-state index in [0.717, 1.165) is 5.57 Å². The largest absolute Gasteiger partial charge is 0.504 e. The van der Waals surface area contributed by atoms with E-state index >= 15 is 4.79 Å². The van der Waals surface area contributed by atoms with Crippen molar-refractivity contribution in [3.05, 3.63) is 101 Å². The number of nitrogens with zero attached hydrogens (tertiary/aromatic N) is 2. The lowest BCUT2D eigenvalue weighted by molar-refractivity contribution is -0.138. The number of anilines is 1. The molecule has 224 valence electrons. The van der Waals surface area contributed by atoms with Crippen LogP contribution in [0.3, 0.4) is 0 Å². The number of ether oxygens (including phenoxy) is 1. The zero-order valence-corrected chi connectivity index (χ0v) is 25.0. The lowest BCUT2D eigenvalue weighted by Gasteiger charge is -2.50. The minimum absolute atomic E-state index is 0.121. The van der Waals surface area contributed by atoms with Gasteiger partial charge < -0.3 is 9.84 Å². The van der Waals surface area contributed by atoms with Crippen molar-refractivity contribution < 1.29 is 29.0 Å². The first-order chi connectivity index (χ1) is 21.2. The Morgan fingerprint density at radius 1 is 0.932 bits per heavy atom. The Balaban J connectivity index is 1.53. The highest BCUT2D eigenvalue weighted by Gasteiger charge is 2.70. The summed E-state index contributed by atoms with van der Waals surface area (Å²) in [6.07, 6.45) is 2.48. The third-order valence-corrected chi connectivity index (χ3v) is 10.3. The minimum atomic E-state index is -1.46. The first-order valence-electron chi connectivity index (χ1n) is 14.9. The zero-order valence-electron chi connectivity index (χ0n) is 24.3. The Bertz CT molecular complexity index is 1750. The molecule has 2 aliphatic heterocycles. The van der Waals surface area contributed by atoms with Gasteiger partial charge in [-0.2, -0.15) is 0 Å². The van der Waals surface area contributed by atoms with Crippen molar-refractivity contribution in [1.82, 2.24) is 4.90 Å². The molecule has 0 aromatic heterocycles. The summed E-state index contributed by atoms with van der Waals surface area (Å²) in [4.78, 5) is 58.9. The van der Waals surface area contributed by atoms with Crippen molar-refractivity contribution in [2.24, 2.45) is 23.7 Å². The first kappa shape index (κ1) is 28.3. The van der Waals surface area contributed by atoms with Gasteiger partial charge in [0.1, 0.15) is 0 Å². The van der Waals surface area contributed by atoms with Crippen LogP contribution < -0.4 is 9.64 Å². The Labute approximate surface area is 259 Å². The summed E-state index contributed by atoms with van der Waals surface area (Å²) in [5, 5.41) is 12.1. The second kappa shape index (κ2) is 10.3. The predicted octanol–water partition coefficient (Wildman–Crippen LogP) is 5.24. The van der Waals surface area contributed by atoms with Crippen LogP contribution in [0.2, 0.25) is 5.02 Å². The van der Waals surface area contributed by atoms with E-state index in [1.807, 2.05) is 43.3 Å². The SMILES string of the molecule is CCOc1cccc(C2C3=CCC4C(=O)N(C)C(=O)C4C3CC3C(=O)N(c4cccc(Cl)c4)C(=O)C32c2ccccc2)c1O. The van der Waals surface area contributed by atoms with Gasteiger partial charge in [0.25, 0.3) is 0 Å². The Kier molecular flexibility index (Phi) is 6.66. The summed E-state index contributed by atoms with van der Waals surface area (Å²) in [6.45, 7) is 2.13. The fourth-order valence-corrected chi connectivity index (χ4v) is 8.47. The molecular formula is C35H31ClN2O6. The molecule has 0 bridgehead atoms. The average molecular weight is 611 g/mol. The van der Waals surface area contributed by atoms with E-state index in [1.54, 1.807) is 42.5 Å². The molecule has 3 aromatic carbocycles. The summed E-state index contributed by atoms with van der Waals surface area (Å²) in [7, 11) is 1.50. The van der Waals surface area contributed by atoms with E-state index in [-0.39, 0.29) is 29.7 Å². The number of likely N-dealkylation sites (tertiary alicyclic amines) is 1. The number of carbonyl (C=O) groups is 4. The fourth-order valence-electron chi connectivity index (χ4n) is 8.29. The highest BCUT2D eigenvalue weighted by molar-refractivity contribution is 6.32. The van der Waals surface area contributed by atoms with Gasteiger partial charge in [-0.1, -0.05) is 71.8 Å². The van der Waals surface area contributed by atoms with E-state index < -0.39 is 46.8 Å². The number of allylic oxidation sites excluding steroid dienone is 2. The Hall–Kier alpha value is -4.43. The lowest BCUT2D eigenvalue weighted by atomic mass is 9.49. The summed E-state index contributed by atoms with van der Waals surface area (Å²) in [5.41, 5.74) is 0.728. The molecule has 1 N–H and O–H groups in total. The van der Waals surface area contributed by atoms with Gasteiger partial charge in [0.05, 0.1) is 35.5 Å². The van der Waals surface area contributed by atoms with Crippen molar-refractivity contribution in [2.45, 2.75) is 31.1 Å². The maximum absolute atomic E-state index is 15.2. The van der Waals surface area contributed by atoms with Gasteiger partial charge in [-0.3, -0.25) is 24.1 Å². The molecule has 2 saturated heterocycles. The number of benzene rings is 3.